The van der Waals surface area contributed by atoms with Gasteiger partial charge in [0.15, 0.2) is 0 Å². The van der Waals surface area contributed by atoms with Crippen LogP contribution in [0.2, 0.25) is 5.02 Å². The molecular weight excluding hydrogens is 550 g/mol. The second-order valence-corrected chi connectivity index (χ2v) is 10.7. The van der Waals surface area contributed by atoms with Gasteiger partial charge in [-0.1, -0.05) is 48.0 Å². The molecule has 1 N–H and O–H groups in total. The maximum absolute atomic E-state index is 13.8. The zero-order valence-electron chi connectivity index (χ0n) is 19.5. The van der Waals surface area contributed by atoms with Crippen LogP contribution in [0.5, 0.6) is 5.75 Å². The highest BCUT2D eigenvalue weighted by molar-refractivity contribution is 7.92. The Balaban J connectivity index is 1.76. The number of ether oxygens (including phenoxy) is 1. The molecule has 0 saturated heterocycles. The van der Waals surface area contributed by atoms with E-state index >= 15 is 0 Å². The van der Waals surface area contributed by atoms with Gasteiger partial charge in [0.2, 0.25) is 0 Å². The van der Waals surface area contributed by atoms with Crippen LogP contribution < -0.4 is 9.04 Å². The molecular formula is C26H20ClF4NO5S. The predicted octanol–water partition coefficient (Wildman–Crippen LogP) is 6.49. The fourth-order valence-electron chi connectivity index (χ4n) is 3.89. The number of benzene rings is 3. The average Bonchev–Trinajstić information content (AvgIpc) is 2.87. The molecule has 1 aliphatic heterocycles. The standard InChI is InChI=1S/C26H20ClF4NO5S/c27-25-17(3-1-6-21(25)28)9-7-16-8-11-23-22(13-16)32(15-19(37-23)10-12-24(33)34)38(35,36)20-5-2-4-18(14-20)26(29,30)31/h1-9,11,13-14,19H,10,12,15H2,(H,33,34). The van der Waals surface area contributed by atoms with Gasteiger partial charge in [0.25, 0.3) is 10.0 Å². The normalized spacial score (nSPS) is 15.8. The topological polar surface area (TPSA) is 83.9 Å². The number of anilines is 1. The molecule has 1 unspecified atom stereocenters. The summed E-state index contributed by atoms with van der Waals surface area (Å²) in [4.78, 5) is 10.5. The molecule has 12 heteroatoms. The second kappa shape index (κ2) is 10.7. The van der Waals surface area contributed by atoms with Crippen molar-refractivity contribution >= 4 is 45.4 Å². The Hall–Kier alpha value is -3.57. The number of hydrogen-bond donors (Lipinski definition) is 1. The molecule has 0 saturated carbocycles. The quantitative estimate of drug-likeness (QED) is 0.260. The van der Waals surface area contributed by atoms with Crippen molar-refractivity contribution < 1.29 is 40.6 Å². The van der Waals surface area contributed by atoms with Crippen LogP contribution in [0.3, 0.4) is 0 Å². The van der Waals surface area contributed by atoms with E-state index in [1.807, 2.05) is 0 Å². The van der Waals surface area contributed by atoms with Crippen LogP contribution in [0, 0.1) is 5.82 Å². The molecule has 0 fully saturated rings. The maximum atomic E-state index is 13.8. The van der Waals surface area contributed by atoms with E-state index in [0.717, 1.165) is 22.5 Å². The Bertz CT molecular complexity index is 1510. The first kappa shape index (κ1) is 27.5. The van der Waals surface area contributed by atoms with Gasteiger partial charge in [0, 0.05) is 6.42 Å². The number of hydrogen-bond acceptors (Lipinski definition) is 4. The molecule has 0 aromatic heterocycles. The second-order valence-electron chi connectivity index (χ2n) is 8.44. The van der Waals surface area contributed by atoms with Crippen molar-refractivity contribution in [3.05, 3.63) is 88.2 Å². The fourth-order valence-corrected chi connectivity index (χ4v) is 5.62. The molecule has 4 rings (SSSR count). The van der Waals surface area contributed by atoms with Gasteiger partial charge in [0.1, 0.15) is 17.7 Å². The van der Waals surface area contributed by atoms with Crippen LogP contribution in [0.1, 0.15) is 29.5 Å². The first-order valence-electron chi connectivity index (χ1n) is 11.2. The molecule has 6 nitrogen and oxygen atoms in total. The smallest absolute Gasteiger partial charge is 0.416 e. The zero-order valence-corrected chi connectivity index (χ0v) is 21.0. The predicted molar refractivity (Wildman–Crippen MR) is 134 cm³/mol. The number of halogens is 5. The number of fused-ring (bicyclic) bond motifs is 1. The number of carboxylic acid groups (broad SMARTS) is 1. The summed E-state index contributed by atoms with van der Waals surface area (Å²) in [5.41, 5.74) is -0.219. The summed E-state index contributed by atoms with van der Waals surface area (Å²) < 4.78 is 87.5. The molecule has 38 heavy (non-hydrogen) atoms. The van der Waals surface area contributed by atoms with Gasteiger partial charge >= 0.3 is 12.1 Å². The molecule has 0 amide bonds. The molecule has 3 aromatic rings. The lowest BCUT2D eigenvalue weighted by Gasteiger charge is -2.35. The van der Waals surface area contributed by atoms with E-state index in [9.17, 15) is 30.8 Å². The monoisotopic (exact) mass is 569 g/mol. The van der Waals surface area contributed by atoms with Crippen LogP contribution in [-0.2, 0) is 21.0 Å². The molecule has 0 spiro atoms. The minimum absolute atomic E-state index is 0.0247. The molecule has 1 aliphatic rings. The maximum Gasteiger partial charge on any atom is 0.416 e. The number of carbonyl (C=O) groups is 1. The van der Waals surface area contributed by atoms with Crippen LogP contribution in [0.4, 0.5) is 23.2 Å². The molecule has 3 aromatic carbocycles. The van der Waals surface area contributed by atoms with Crippen LogP contribution in [0.25, 0.3) is 12.2 Å². The Kier molecular flexibility index (Phi) is 7.70. The van der Waals surface area contributed by atoms with Gasteiger partial charge in [-0.2, -0.15) is 13.2 Å². The van der Waals surface area contributed by atoms with Gasteiger partial charge in [-0.05, 0) is 53.9 Å². The lowest BCUT2D eigenvalue weighted by molar-refractivity contribution is -0.138. The van der Waals surface area contributed by atoms with Crippen molar-refractivity contribution in [3.8, 4) is 5.75 Å². The molecule has 0 aliphatic carbocycles. The number of sulfonamides is 1. The minimum atomic E-state index is -4.76. The Morgan fingerprint density at radius 3 is 2.55 bits per heavy atom. The van der Waals surface area contributed by atoms with E-state index in [1.165, 1.54) is 30.3 Å². The summed E-state index contributed by atoms with van der Waals surface area (Å²) in [6, 6.07) is 12.2. The van der Waals surface area contributed by atoms with E-state index in [2.05, 4.69) is 0 Å². The van der Waals surface area contributed by atoms with Gasteiger partial charge < -0.3 is 9.84 Å². The average molecular weight is 570 g/mol. The van der Waals surface area contributed by atoms with Crippen LogP contribution >= 0.6 is 11.6 Å². The van der Waals surface area contributed by atoms with E-state index < -0.39 is 44.5 Å². The van der Waals surface area contributed by atoms with Crippen molar-refractivity contribution in [1.29, 1.82) is 0 Å². The van der Waals surface area contributed by atoms with Crippen molar-refractivity contribution in [3.63, 3.8) is 0 Å². The van der Waals surface area contributed by atoms with Crippen molar-refractivity contribution in [2.75, 3.05) is 10.8 Å². The highest BCUT2D eigenvalue weighted by Gasteiger charge is 2.37. The lowest BCUT2D eigenvalue weighted by Crippen LogP contribution is -2.43. The lowest BCUT2D eigenvalue weighted by atomic mass is 10.1. The summed E-state index contributed by atoms with van der Waals surface area (Å²) in [5, 5.41) is 8.94. The van der Waals surface area contributed by atoms with Gasteiger partial charge in [-0.25, -0.2) is 12.8 Å². The third-order valence-corrected chi connectivity index (χ3v) is 7.96. The Labute approximate surface area is 220 Å². The number of rotatable bonds is 7. The summed E-state index contributed by atoms with van der Waals surface area (Å²) in [6.07, 6.45) is -2.85. The van der Waals surface area contributed by atoms with Crippen molar-refractivity contribution in [2.45, 2.75) is 30.0 Å². The molecule has 200 valence electrons. The molecule has 1 heterocycles. The highest BCUT2D eigenvalue weighted by atomic mass is 35.5. The summed E-state index contributed by atoms with van der Waals surface area (Å²) >= 11 is 5.98. The van der Waals surface area contributed by atoms with E-state index in [-0.39, 0.29) is 35.8 Å². The number of aliphatic carboxylic acids is 1. The zero-order chi connectivity index (χ0) is 27.7. The first-order valence-corrected chi connectivity index (χ1v) is 13.0. The summed E-state index contributed by atoms with van der Waals surface area (Å²) in [6.45, 7) is -0.318. The van der Waals surface area contributed by atoms with E-state index in [0.29, 0.717) is 17.2 Å². The summed E-state index contributed by atoms with van der Waals surface area (Å²) in [7, 11) is -4.51. The van der Waals surface area contributed by atoms with Crippen LogP contribution in [0.15, 0.2) is 65.6 Å². The van der Waals surface area contributed by atoms with E-state index in [4.69, 9.17) is 21.4 Å². The highest BCUT2D eigenvalue weighted by Crippen LogP contribution is 2.40. The SMILES string of the molecule is O=C(O)CCC1CN(S(=O)(=O)c2cccc(C(F)(F)F)c2)c2cc(C=Cc3cccc(F)c3Cl)ccc2O1. The Morgan fingerprint density at radius 2 is 1.84 bits per heavy atom. The first-order chi connectivity index (χ1) is 17.9. The number of carboxylic acids is 1. The third kappa shape index (κ3) is 5.94. The number of alkyl halides is 3. The van der Waals surface area contributed by atoms with E-state index in [1.54, 1.807) is 18.2 Å². The molecule has 0 bridgehead atoms. The van der Waals surface area contributed by atoms with Crippen molar-refractivity contribution in [1.82, 2.24) is 0 Å². The number of nitrogens with zero attached hydrogens (tertiary/aromatic N) is 1. The van der Waals surface area contributed by atoms with Gasteiger partial charge in [-0.15, -0.1) is 0 Å². The Morgan fingerprint density at radius 1 is 1.11 bits per heavy atom. The van der Waals surface area contributed by atoms with Gasteiger partial charge in [0.05, 0.1) is 27.7 Å². The molecule has 1 atom stereocenters. The third-order valence-electron chi connectivity index (χ3n) is 5.78. The van der Waals surface area contributed by atoms with Crippen LogP contribution in [-0.4, -0.2) is 32.1 Å². The minimum Gasteiger partial charge on any atom is -0.486 e. The van der Waals surface area contributed by atoms with Gasteiger partial charge in [-0.3, -0.25) is 9.10 Å². The fraction of sp³-hybridized carbons (Fsp3) is 0.192. The molecule has 0 radical (unpaired) electrons. The largest absolute Gasteiger partial charge is 0.486 e. The van der Waals surface area contributed by atoms with Crippen molar-refractivity contribution in [2.24, 2.45) is 0 Å². The summed E-state index contributed by atoms with van der Waals surface area (Å²) in [5.74, 6) is -1.61.